The highest BCUT2D eigenvalue weighted by molar-refractivity contribution is 4.70. The highest BCUT2D eigenvalue weighted by atomic mass is 14.9. The van der Waals surface area contributed by atoms with Crippen molar-refractivity contribution >= 4 is 0 Å². The van der Waals surface area contributed by atoms with E-state index in [4.69, 9.17) is 0 Å². The summed E-state index contributed by atoms with van der Waals surface area (Å²) in [5, 5.41) is 3.28. The molecule has 0 amide bonds. The maximum absolute atomic E-state index is 3.28. The van der Waals surface area contributed by atoms with Crippen LogP contribution in [0.4, 0.5) is 0 Å². The average molecular weight is 143 g/mol. The summed E-state index contributed by atoms with van der Waals surface area (Å²) in [6.45, 7) is 9.13. The molecule has 0 spiro atoms. The molecule has 0 radical (unpaired) electrons. The van der Waals surface area contributed by atoms with Crippen LogP contribution in [0.5, 0.6) is 0 Å². The van der Waals surface area contributed by atoms with Gasteiger partial charge in [-0.3, -0.25) is 0 Å². The molecule has 0 saturated heterocycles. The van der Waals surface area contributed by atoms with E-state index in [1.165, 1.54) is 6.42 Å². The summed E-state index contributed by atoms with van der Waals surface area (Å²) in [7, 11) is 2.03. The van der Waals surface area contributed by atoms with Crippen molar-refractivity contribution in [3.63, 3.8) is 0 Å². The Kier molecular flexibility index (Phi) is 4.71. The van der Waals surface area contributed by atoms with Crippen LogP contribution < -0.4 is 5.32 Å². The lowest BCUT2D eigenvalue weighted by atomic mass is 9.88. The smallest absolute Gasteiger partial charge is 0.00639 e. The number of hydrogen-bond acceptors (Lipinski definition) is 1. The van der Waals surface area contributed by atoms with Gasteiger partial charge in [-0.1, -0.05) is 27.2 Å². The normalized spacial score (nSPS) is 20.1. The van der Waals surface area contributed by atoms with Gasteiger partial charge in [-0.25, -0.2) is 0 Å². The van der Waals surface area contributed by atoms with E-state index in [0.29, 0.717) is 6.04 Å². The minimum absolute atomic E-state index is 0.648. The molecule has 1 N–H and O–H groups in total. The van der Waals surface area contributed by atoms with Crippen LogP contribution in [-0.4, -0.2) is 13.1 Å². The molecule has 0 heterocycles. The third-order valence-electron chi connectivity index (χ3n) is 2.79. The van der Waals surface area contributed by atoms with Gasteiger partial charge >= 0.3 is 0 Å². The fraction of sp³-hybridized carbons (Fsp3) is 1.00. The zero-order chi connectivity index (χ0) is 8.15. The Balaban J connectivity index is 3.69. The lowest BCUT2D eigenvalue weighted by molar-refractivity contribution is 0.302. The maximum atomic E-state index is 3.28. The lowest BCUT2D eigenvalue weighted by Crippen LogP contribution is -2.32. The second-order valence-electron chi connectivity index (χ2n) is 3.32. The van der Waals surface area contributed by atoms with E-state index < -0.39 is 0 Å². The molecule has 0 aromatic carbocycles. The maximum Gasteiger partial charge on any atom is 0.00639 e. The summed E-state index contributed by atoms with van der Waals surface area (Å²) in [6.07, 6.45) is 1.28. The fourth-order valence-electron chi connectivity index (χ4n) is 1.13. The Morgan fingerprint density at radius 2 is 1.70 bits per heavy atom. The molecule has 0 fully saturated rings. The van der Waals surface area contributed by atoms with Gasteiger partial charge in [0, 0.05) is 6.04 Å². The summed E-state index contributed by atoms with van der Waals surface area (Å²) >= 11 is 0. The molecule has 10 heavy (non-hydrogen) atoms. The Morgan fingerprint density at radius 1 is 1.20 bits per heavy atom. The standard InChI is InChI=1S/C9H21N/c1-6-7(2)8(3)9(4)10-5/h7-10H,6H2,1-5H3/t7-,8?,9?/m1/s1. The first-order valence-electron chi connectivity index (χ1n) is 4.30. The van der Waals surface area contributed by atoms with Crippen LogP contribution in [0.1, 0.15) is 34.1 Å². The molecule has 0 aromatic heterocycles. The van der Waals surface area contributed by atoms with E-state index in [-0.39, 0.29) is 0 Å². The van der Waals surface area contributed by atoms with Crippen LogP contribution >= 0.6 is 0 Å². The second kappa shape index (κ2) is 4.73. The van der Waals surface area contributed by atoms with Gasteiger partial charge < -0.3 is 5.32 Å². The molecule has 0 rings (SSSR count). The first kappa shape index (κ1) is 9.96. The molecule has 0 aliphatic carbocycles. The zero-order valence-corrected chi connectivity index (χ0v) is 7.94. The van der Waals surface area contributed by atoms with Gasteiger partial charge in [-0.2, -0.15) is 0 Å². The Morgan fingerprint density at radius 3 is 2.00 bits per heavy atom. The summed E-state index contributed by atoms with van der Waals surface area (Å²) in [5.74, 6) is 1.62. The number of rotatable bonds is 4. The van der Waals surface area contributed by atoms with E-state index in [1.807, 2.05) is 7.05 Å². The Hall–Kier alpha value is -0.0400. The topological polar surface area (TPSA) is 12.0 Å². The fourth-order valence-corrected chi connectivity index (χ4v) is 1.13. The third-order valence-corrected chi connectivity index (χ3v) is 2.79. The highest BCUT2D eigenvalue weighted by Gasteiger charge is 2.15. The van der Waals surface area contributed by atoms with Crippen molar-refractivity contribution in [3.05, 3.63) is 0 Å². The lowest BCUT2D eigenvalue weighted by Gasteiger charge is -2.24. The average Bonchev–Trinajstić information content (AvgIpc) is 2.00. The van der Waals surface area contributed by atoms with Crippen molar-refractivity contribution in [3.8, 4) is 0 Å². The number of nitrogens with one attached hydrogen (secondary N) is 1. The van der Waals surface area contributed by atoms with Crippen molar-refractivity contribution in [2.75, 3.05) is 7.05 Å². The van der Waals surface area contributed by atoms with Gasteiger partial charge in [0.05, 0.1) is 0 Å². The Bertz CT molecular complexity index is 70.8. The molecule has 62 valence electrons. The van der Waals surface area contributed by atoms with E-state index in [1.54, 1.807) is 0 Å². The summed E-state index contributed by atoms with van der Waals surface area (Å²) in [4.78, 5) is 0. The van der Waals surface area contributed by atoms with Crippen molar-refractivity contribution < 1.29 is 0 Å². The minimum Gasteiger partial charge on any atom is -0.317 e. The highest BCUT2D eigenvalue weighted by Crippen LogP contribution is 2.17. The molecule has 1 nitrogen and oxygen atoms in total. The van der Waals surface area contributed by atoms with Crippen LogP contribution in [0.15, 0.2) is 0 Å². The van der Waals surface area contributed by atoms with Crippen LogP contribution in [0.2, 0.25) is 0 Å². The molecular formula is C9H21N. The van der Waals surface area contributed by atoms with Gasteiger partial charge in [0.2, 0.25) is 0 Å². The van der Waals surface area contributed by atoms with Gasteiger partial charge in [-0.05, 0) is 25.8 Å². The van der Waals surface area contributed by atoms with Crippen molar-refractivity contribution in [2.24, 2.45) is 11.8 Å². The van der Waals surface area contributed by atoms with E-state index in [0.717, 1.165) is 11.8 Å². The molecule has 0 aliphatic heterocycles. The van der Waals surface area contributed by atoms with Gasteiger partial charge in [-0.15, -0.1) is 0 Å². The minimum atomic E-state index is 0.648. The summed E-state index contributed by atoms with van der Waals surface area (Å²) in [6, 6.07) is 0.648. The number of hydrogen-bond donors (Lipinski definition) is 1. The Labute approximate surface area is 65.2 Å². The van der Waals surface area contributed by atoms with Crippen LogP contribution in [0, 0.1) is 11.8 Å². The predicted molar refractivity (Wildman–Crippen MR) is 47.1 cm³/mol. The molecule has 0 bridgehead atoms. The van der Waals surface area contributed by atoms with Crippen LogP contribution in [0.25, 0.3) is 0 Å². The molecule has 2 unspecified atom stereocenters. The van der Waals surface area contributed by atoms with Gasteiger partial charge in [0.15, 0.2) is 0 Å². The summed E-state index contributed by atoms with van der Waals surface area (Å²) in [5.41, 5.74) is 0. The SMILES string of the molecule is CC[C@@H](C)C(C)C(C)NC. The van der Waals surface area contributed by atoms with Crippen molar-refractivity contribution in [1.82, 2.24) is 5.32 Å². The predicted octanol–water partition coefficient (Wildman–Crippen LogP) is 2.28. The van der Waals surface area contributed by atoms with Crippen molar-refractivity contribution in [2.45, 2.75) is 40.2 Å². The largest absolute Gasteiger partial charge is 0.317 e. The van der Waals surface area contributed by atoms with E-state index in [9.17, 15) is 0 Å². The molecule has 3 atom stereocenters. The van der Waals surface area contributed by atoms with Crippen molar-refractivity contribution in [1.29, 1.82) is 0 Å². The van der Waals surface area contributed by atoms with Crippen LogP contribution in [-0.2, 0) is 0 Å². The van der Waals surface area contributed by atoms with Gasteiger partial charge in [0.1, 0.15) is 0 Å². The molecule has 0 aromatic rings. The van der Waals surface area contributed by atoms with Gasteiger partial charge in [0.25, 0.3) is 0 Å². The first-order valence-corrected chi connectivity index (χ1v) is 4.30. The molecule has 0 saturated carbocycles. The van der Waals surface area contributed by atoms with E-state index >= 15 is 0 Å². The zero-order valence-electron chi connectivity index (χ0n) is 7.94. The van der Waals surface area contributed by atoms with E-state index in [2.05, 4.69) is 33.0 Å². The molecular weight excluding hydrogens is 122 g/mol. The quantitative estimate of drug-likeness (QED) is 0.636. The summed E-state index contributed by atoms with van der Waals surface area (Å²) < 4.78 is 0. The molecule has 1 heteroatoms. The molecule has 0 aliphatic rings. The monoisotopic (exact) mass is 143 g/mol. The first-order chi connectivity index (χ1) is 4.63. The van der Waals surface area contributed by atoms with Crippen LogP contribution in [0.3, 0.4) is 0 Å². The third kappa shape index (κ3) is 2.70. The second-order valence-corrected chi connectivity index (χ2v) is 3.32.